The number of amides is 3. The molecule has 3 N–H and O–H groups in total. The molecule has 1 saturated heterocycles. The topological polar surface area (TPSA) is 70.2 Å². The Kier molecular flexibility index (Phi) is 3.86. The van der Waals surface area contributed by atoms with Crippen LogP contribution in [0.25, 0.3) is 0 Å². The van der Waals surface area contributed by atoms with Crippen LogP contribution in [0.4, 0.5) is 4.79 Å². The van der Waals surface area contributed by atoms with Gasteiger partial charge in [0, 0.05) is 18.0 Å². The molecule has 1 unspecified atom stereocenters. The summed E-state index contributed by atoms with van der Waals surface area (Å²) < 4.78 is 0.749. The van der Waals surface area contributed by atoms with Gasteiger partial charge in [0.05, 0.1) is 4.34 Å². The second-order valence-corrected chi connectivity index (χ2v) is 5.45. The van der Waals surface area contributed by atoms with Gasteiger partial charge in [-0.05, 0) is 18.6 Å². The van der Waals surface area contributed by atoms with Gasteiger partial charge in [-0.3, -0.25) is 4.79 Å². The summed E-state index contributed by atoms with van der Waals surface area (Å²) in [5, 5.41) is 7.83. The Bertz CT molecular complexity index is 435. The maximum Gasteiger partial charge on any atom is 0.315 e. The molecule has 0 aliphatic carbocycles. The molecule has 5 nitrogen and oxygen atoms in total. The summed E-state index contributed by atoms with van der Waals surface area (Å²) in [7, 11) is 0. The molecule has 1 aromatic rings. The summed E-state index contributed by atoms with van der Waals surface area (Å²) in [6, 6.07) is 3.02. The zero-order valence-electron chi connectivity index (χ0n) is 8.96. The molecule has 3 amide bonds. The fourth-order valence-corrected chi connectivity index (χ4v) is 2.62. The van der Waals surface area contributed by atoms with Gasteiger partial charge in [-0.25, -0.2) is 4.79 Å². The highest BCUT2D eigenvalue weighted by Gasteiger charge is 2.26. The molecule has 0 bridgehead atoms. The number of hydrogen-bond donors (Lipinski definition) is 3. The Balaban J connectivity index is 1.71. The van der Waals surface area contributed by atoms with E-state index >= 15 is 0 Å². The Morgan fingerprint density at radius 2 is 2.41 bits per heavy atom. The molecule has 1 aromatic heterocycles. The third kappa shape index (κ3) is 3.34. The minimum Gasteiger partial charge on any atom is -0.354 e. The zero-order chi connectivity index (χ0) is 12.3. The Morgan fingerprint density at radius 3 is 3.00 bits per heavy atom. The van der Waals surface area contributed by atoms with Gasteiger partial charge in [-0.15, -0.1) is 11.3 Å². The average molecular weight is 274 g/mol. The van der Waals surface area contributed by atoms with Gasteiger partial charge in [0.2, 0.25) is 5.91 Å². The first-order chi connectivity index (χ1) is 8.15. The molecule has 0 aromatic carbocycles. The molecule has 0 saturated carbocycles. The Labute approximate surface area is 108 Å². The van der Waals surface area contributed by atoms with E-state index in [1.807, 2.05) is 12.1 Å². The Hall–Kier alpha value is -1.27. The third-order valence-corrected chi connectivity index (χ3v) is 3.68. The highest BCUT2D eigenvalue weighted by molar-refractivity contribution is 7.16. The van der Waals surface area contributed by atoms with Crippen molar-refractivity contribution in [2.75, 3.05) is 13.1 Å². The molecule has 7 heteroatoms. The summed E-state index contributed by atoms with van der Waals surface area (Å²) in [4.78, 5) is 23.6. The molecule has 17 heavy (non-hydrogen) atoms. The molecule has 0 radical (unpaired) electrons. The van der Waals surface area contributed by atoms with E-state index in [1.54, 1.807) is 0 Å². The number of nitrogens with one attached hydrogen (secondary N) is 3. The second-order valence-electron chi connectivity index (χ2n) is 3.65. The van der Waals surface area contributed by atoms with E-state index in [4.69, 9.17) is 11.6 Å². The summed E-state index contributed by atoms with van der Waals surface area (Å²) >= 11 is 7.30. The molecule has 2 heterocycles. The van der Waals surface area contributed by atoms with E-state index in [1.165, 1.54) is 11.3 Å². The van der Waals surface area contributed by atoms with Gasteiger partial charge >= 0.3 is 6.03 Å². The number of hydrogen-bond acceptors (Lipinski definition) is 3. The van der Waals surface area contributed by atoms with Crippen molar-refractivity contribution in [3.8, 4) is 0 Å². The van der Waals surface area contributed by atoms with E-state index in [0.717, 1.165) is 15.6 Å². The van der Waals surface area contributed by atoms with E-state index in [0.29, 0.717) is 13.1 Å². The predicted molar refractivity (Wildman–Crippen MR) is 66.4 cm³/mol. The van der Waals surface area contributed by atoms with Crippen LogP contribution in [0.2, 0.25) is 4.34 Å². The van der Waals surface area contributed by atoms with Gasteiger partial charge < -0.3 is 16.0 Å². The first kappa shape index (κ1) is 12.2. The van der Waals surface area contributed by atoms with Crippen LogP contribution in [0.15, 0.2) is 12.1 Å². The average Bonchev–Trinajstić information content (AvgIpc) is 2.88. The van der Waals surface area contributed by atoms with E-state index < -0.39 is 6.04 Å². The van der Waals surface area contributed by atoms with Crippen molar-refractivity contribution in [2.24, 2.45) is 0 Å². The summed E-state index contributed by atoms with van der Waals surface area (Å²) in [6.45, 7) is 0.886. The molecule has 1 aliphatic rings. The van der Waals surface area contributed by atoms with Crippen molar-refractivity contribution in [1.29, 1.82) is 0 Å². The summed E-state index contributed by atoms with van der Waals surface area (Å²) in [5.74, 6) is -0.161. The molecular weight excluding hydrogens is 262 g/mol. The van der Waals surface area contributed by atoms with Crippen LogP contribution in [0.3, 0.4) is 0 Å². The van der Waals surface area contributed by atoms with Gasteiger partial charge in [0.25, 0.3) is 0 Å². The monoisotopic (exact) mass is 273 g/mol. The fraction of sp³-hybridized carbons (Fsp3) is 0.400. The normalized spacial score (nSPS) is 18.6. The fourth-order valence-electron chi connectivity index (χ4n) is 1.53. The molecule has 2 rings (SSSR count). The number of rotatable bonds is 4. The minimum atomic E-state index is -0.463. The van der Waals surface area contributed by atoms with Crippen LogP contribution >= 0.6 is 22.9 Å². The predicted octanol–water partition coefficient (Wildman–Crippen LogP) is 0.742. The Morgan fingerprint density at radius 1 is 1.59 bits per heavy atom. The van der Waals surface area contributed by atoms with Crippen molar-refractivity contribution in [3.63, 3.8) is 0 Å². The van der Waals surface area contributed by atoms with Gasteiger partial charge in [-0.1, -0.05) is 11.6 Å². The van der Waals surface area contributed by atoms with E-state index in [-0.39, 0.29) is 11.9 Å². The van der Waals surface area contributed by atoms with Crippen molar-refractivity contribution >= 4 is 34.9 Å². The molecule has 92 valence electrons. The van der Waals surface area contributed by atoms with Crippen molar-refractivity contribution < 1.29 is 9.59 Å². The van der Waals surface area contributed by atoms with Crippen molar-refractivity contribution in [2.45, 2.75) is 12.5 Å². The number of urea groups is 1. The summed E-state index contributed by atoms with van der Waals surface area (Å²) in [6.07, 6.45) is 0.747. The lowest BCUT2D eigenvalue weighted by Crippen LogP contribution is -2.43. The summed E-state index contributed by atoms with van der Waals surface area (Å²) in [5.41, 5.74) is 0. The minimum absolute atomic E-state index is 0.161. The third-order valence-electron chi connectivity index (χ3n) is 2.39. The smallest absolute Gasteiger partial charge is 0.315 e. The van der Waals surface area contributed by atoms with Gasteiger partial charge in [0.1, 0.15) is 6.04 Å². The molecule has 0 spiro atoms. The van der Waals surface area contributed by atoms with Crippen molar-refractivity contribution in [3.05, 3.63) is 21.3 Å². The lowest BCUT2D eigenvalue weighted by Gasteiger charge is -2.08. The number of thiophene rings is 1. The first-order valence-electron chi connectivity index (χ1n) is 5.21. The van der Waals surface area contributed by atoms with Crippen LogP contribution in [0, 0.1) is 0 Å². The zero-order valence-corrected chi connectivity index (χ0v) is 10.5. The SMILES string of the molecule is O=C1NCC(C(=O)NCCc2ccc(Cl)s2)N1. The van der Waals surface area contributed by atoms with E-state index in [2.05, 4.69) is 16.0 Å². The molecule has 1 aliphatic heterocycles. The highest BCUT2D eigenvalue weighted by atomic mass is 35.5. The maximum absolute atomic E-state index is 11.6. The lowest BCUT2D eigenvalue weighted by atomic mass is 10.3. The van der Waals surface area contributed by atoms with Crippen LogP contribution in [-0.4, -0.2) is 31.1 Å². The van der Waals surface area contributed by atoms with Crippen LogP contribution in [0.5, 0.6) is 0 Å². The van der Waals surface area contributed by atoms with E-state index in [9.17, 15) is 9.59 Å². The van der Waals surface area contributed by atoms with Crippen LogP contribution < -0.4 is 16.0 Å². The largest absolute Gasteiger partial charge is 0.354 e. The molecule has 1 atom stereocenters. The standard InChI is InChI=1S/C10H12ClN3O2S/c11-8-2-1-6(17-8)3-4-12-9(15)7-5-13-10(16)14-7/h1-2,7H,3-5H2,(H,12,15)(H2,13,14,16). The number of carbonyl (C=O) groups is 2. The van der Waals surface area contributed by atoms with Crippen LogP contribution in [-0.2, 0) is 11.2 Å². The van der Waals surface area contributed by atoms with Crippen LogP contribution in [0.1, 0.15) is 4.88 Å². The molecular formula is C10H12ClN3O2S. The van der Waals surface area contributed by atoms with Crippen molar-refractivity contribution in [1.82, 2.24) is 16.0 Å². The number of carbonyl (C=O) groups excluding carboxylic acids is 2. The maximum atomic E-state index is 11.6. The highest BCUT2D eigenvalue weighted by Crippen LogP contribution is 2.21. The first-order valence-corrected chi connectivity index (χ1v) is 6.41. The van der Waals surface area contributed by atoms with Gasteiger partial charge in [0.15, 0.2) is 0 Å². The quantitative estimate of drug-likeness (QED) is 0.757. The molecule has 1 fully saturated rings. The van der Waals surface area contributed by atoms with Gasteiger partial charge in [-0.2, -0.15) is 0 Å². The second kappa shape index (κ2) is 5.37. The number of halogens is 1. The lowest BCUT2D eigenvalue weighted by molar-refractivity contribution is -0.122.